The molecular formula is C11H22N2O. The second-order valence-corrected chi connectivity index (χ2v) is 4.07. The Hall–Kier alpha value is -0.570. The first-order valence-corrected chi connectivity index (χ1v) is 5.77. The molecule has 0 aromatic carbocycles. The zero-order valence-corrected chi connectivity index (χ0v) is 9.14. The average molecular weight is 198 g/mol. The summed E-state index contributed by atoms with van der Waals surface area (Å²) in [5.74, 6) is 0.149. The third-order valence-electron chi connectivity index (χ3n) is 2.90. The summed E-state index contributed by atoms with van der Waals surface area (Å²) < 4.78 is 0. The van der Waals surface area contributed by atoms with E-state index in [4.69, 9.17) is 0 Å². The molecule has 0 spiro atoms. The van der Waals surface area contributed by atoms with E-state index < -0.39 is 0 Å². The maximum Gasteiger partial charge on any atom is 0.219 e. The van der Waals surface area contributed by atoms with Gasteiger partial charge in [0.1, 0.15) is 0 Å². The highest BCUT2D eigenvalue weighted by molar-refractivity contribution is 5.75. The minimum absolute atomic E-state index is 0.149. The molecule has 1 aliphatic rings. The van der Waals surface area contributed by atoms with Gasteiger partial charge in [-0.1, -0.05) is 19.3 Å². The van der Waals surface area contributed by atoms with Gasteiger partial charge < -0.3 is 10.6 Å². The van der Waals surface area contributed by atoms with Crippen LogP contribution in [0.15, 0.2) is 0 Å². The summed E-state index contributed by atoms with van der Waals surface area (Å²) in [6, 6.07) is 0.716. The Morgan fingerprint density at radius 3 is 2.64 bits per heavy atom. The molecule has 1 rings (SSSR count). The molecule has 0 aromatic rings. The van der Waals surface area contributed by atoms with E-state index in [9.17, 15) is 4.79 Å². The molecular weight excluding hydrogens is 176 g/mol. The number of nitrogens with one attached hydrogen (secondary N) is 2. The predicted molar refractivity (Wildman–Crippen MR) is 58.2 cm³/mol. The van der Waals surface area contributed by atoms with Crippen molar-refractivity contribution in [3.8, 4) is 0 Å². The Bertz CT molecular complexity index is 165. The fraction of sp³-hybridized carbons (Fsp3) is 0.909. The van der Waals surface area contributed by atoms with Crippen molar-refractivity contribution in [2.24, 2.45) is 0 Å². The molecule has 0 saturated heterocycles. The lowest BCUT2D eigenvalue weighted by Crippen LogP contribution is -2.32. The Balaban J connectivity index is 1.94. The van der Waals surface area contributed by atoms with Crippen molar-refractivity contribution in [2.75, 3.05) is 13.6 Å². The number of carbonyl (C=O) groups is 1. The molecule has 0 bridgehead atoms. The van der Waals surface area contributed by atoms with Crippen LogP contribution in [0.3, 0.4) is 0 Å². The molecule has 0 heterocycles. The first-order valence-electron chi connectivity index (χ1n) is 5.77. The zero-order valence-electron chi connectivity index (χ0n) is 9.14. The third kappa shape index (κ3) is 4.61. The molecule has 3 nitrogen and oxygen atoms in total. The van der Waals surface area contributed by atoms with Gasteiger partial charge in [-0.2, -0.15) is 0 Å². The molecule has 0 unspecified atom stereocenters. The van der Waals surface area contributed by atoms with Gasteiger partial charge in [0.25, 0.3) is 0 Å². The van der Waals surface area contributed by atoms with E-state index in [2.05, 4.69) is 10.6 Å². The Kier molecular flexibility index (Phi) is 5.60. The highest BCUT2D eigenvalue weighted by atomic mass is 16.1. The number of hydrogen-bond acceptors (Lipinski definition) is 2. The fourth-order valence-corrected chi connectivity index (χ4v) is 1.99. The molecule has 0 aromatic heterocycles. The maximum absolute atomic E-state index is 10.9. The standard InChI is InChI=1S/C11H22N2O/c1-12-11(14)8-5-9-13-10-6-3-2-4-7-10/h10,13H,2-9H2,1H3,(H,12,14). The molecule has 3 heteroatoms. The molecule has 14 heavy (non-hydrogen) atoms. The van der Waals surface area contributed by atoms with Crippen LogP contribution in [-0.2, 0) is 4.79 Å². The van der Waals surface area contributed by atoms with Crippen molar-refractivity contribution >= 4 is 5.91 Å². The normalized spacial score (nSPS) is 18.1. The molecule has 0 aliphatic heterocycles. The smallest absolute Gasteiger partial charge is 0.219 e. The second-order valence-electron chi connectivity index (χ2n) is 4.07. The summed E-state index contributed by atoms with van der Waals surface area (Å²) in [6.07, 6.45) is 8.38. The molecule has 0 radical (unpaired) electrons. The SMILES string of the molecule is CNC(=O)CCCNC1CCCCC1. The summed E-state index contributed by atoms with van der Waals surface area (Å²) in [7, 11) is 1.69. The monoisotopic (exact) mass is 198 g/mol. The van der Waals surface area contributed by atoms with Crippen molar-refractivity contribution in [1.29, 1.82) is 0 Å². The van der Waals surface area contributed by atoms with Gasteiger partial charge in [-0.05, 0) is 25.8 Å². The van der Waals surface area contributed by atoms with Crippen molar-refractivity contribution < 1.29 is 4.79 Å². The second kappa shape index (κ2) is 6.82. The van der Waals surface area contributed by atoms with Crippen LogP contribution in [0.5, 0.6) is 0 Å². The average Bonchev–Trinajstić information content (AvgIpc) is 2.25. The zero-order chi connectivity index (χ0) is 10.2. The molecule has 0 atom stereocenters. The Morgan fingerprint density at radius 2 is 2.00 bits per heavy atom. The van der Waals surface area contributed by atoms with Gasteiger partial charge >= 0.3 is 0 Å². The van der Waals surface area contributed by atoms with Crippen molar-refractivity contribution in [3.63, 3.8) is 0 Å². The molecule has 1 aliphatic carbocycles. The van der Waals surface area contributed by atoms with E-state index in [0.717, 1.165) is 13.0 Å². The van der Waals surface area contributed by atoms with Gasteiger partial charge in [-0.15, -0.1) is 0 Å². The van der Waals surface area contributed by atoms with Gasteiger partial charge in [0.05, 0.1) is 0 Å². The van der Waals surface area contributed by atoms with E-state index in [-0.39, 0.29) is 5.91 Å². The topological polar surface area (TPSA) is 41.1 Å². The number of hydrogen-bond donors (Lipinski definition) is 2. The van der Waals surface area contributed by atoms with E-state index in [1.807, 2.05) is 0 Å². The first kappa shape index (κ1) is 11.5. The van der Waals surface area contributed by atoms with Crippen LogP contribution in [0.4, 0.5) is 0 Å². The van der Waals surface area contributed by atoms with Crippen molar-refractivity contribution in [3.05, 3.63) is 0 Å². The number of amides is 1. The molecule has 1 fully saturated rings. The van der Waals surface area contributed by atoms with E-state index in [1.54, 1.807) is 7.05 Å². The van der Waals surface area contributed by atoms with Crippen LogP contribution in [0.25, 0.3) is 0 Å². The molecule has 2 N–H and O–H groups in total. The minimum atomic E-state index is 0.149. The fourth-order valence-electron chi connectivity index (χ4n) is 1.99. The predicted octanol–water partition coefficient (Wildman–Crippen LogP) is 1.43. The van der Waals surface area contributed by atoms with Gasteiger partial charge in [-0.3, -0.25) is 4.79 Å². The van der Waals surface area contributed by atoms with E-state index in [0.29, 0.717) is 12.5 Å². The number of carbonyl (C=O) groups excluding carboxylic acids is 1. The largest absolute Gasteiger partial charge is 0.359 e. The van der Waals surface area contributed by atoms with E-state index in [1.165, 1.54) is 32.1 Å². The summed E-state index contributed by atoms with van der Waals surface area (Å²) in [4.78, 5) is 10.9. The van der Waals surface area contributed by atoms with Crippen LogP contribution in [-0.4, -0.2) is 25.5 Å². The Labute approximate surface area is 86.6 Å². The summed E-state index contributed by atoms with van der Waals surface area (Å²) in [6.45, 7) is 0.984. The molecule has 82 valence electrons. The molecule has 1 amide bonds. The van der Waals surface area contributed by atoms with Gasteiger partial charge in [0, 0.05) is 19.5 Å². The van der Waals surface area contributed by atoms with Crippen LogP contribution in [0.2, 0.25) is 0 Å². The summed E-state index contributed by atoms with van der Waals surface area (Å²) in [5.41, 5.74) is 0. The lowest BCUT2D eigenvalue weighted by atomic mass is 9.95. The third-order valence-corrected chi connectivity index (χ3v) is 2.90. The minimum Gasteiger partial charge on any atom is -0.359 e. The van der Waals surface area contributed by atoms with Crippen LogP contribution >= 0.6 is 0 Å². The molecule has 1 saturated carbocycles. The van der Waals surface area contributed by atoms with Crippen LogP contribution in [0, 0.1) is 0 Å². The highest BCUT2D eigenvalue weighted by Gasteiger charge is 2.11. The lowest BCUT2D eigenvalue weighted by Gasteiger charge is -2.22. The van der Waals surface area contributed by atoms with E-state index >= 15 is 0 Å². The first-order chi connectivity index (χ1) is 6.83. The highest BCUT2D eigenvalue weighted by Crippen LogP contribution is 2.17. The van der Waals surface area contributed by atoms with Crippen LogP contribution < -0.4 is 10.6 Å². The van der Waals surface area contributed by atoms with Crippen molar-refractivity contribution in [2.45, 2.75) is 51.0 Å². The number of rotatable bonds is 5. The maximum atomic E-state index is 10.9. The van der Waals surface area contributed by atoms with Gasteiger partial charge in [0.15, 0.2) is 0 Å². The van der Waals surface area contributed by atoms with Gasteiger partial charge in [0.2, 0.25) is 5.91 Å². The summed E-state index contributed by atoms with van der Waals surface area (Å²) >= 11 is 0. The van der Waals surface area contributed by atoms with Crippen LogP contribution in [0.1, 0.15) is 44.9 Å². The van der Waals surface area contributed by atoms with Gasteiger partial charge in [-0.25, -0.2) is 0 Å². The lowest BCUT2D eigenvalue weighted by molar-refractivity contribution is -0.120. The summed E-state index contributed by atoms with van der Waals surface area (Å²) in [5, 5.41) is 6.16. The Morgan fingerprint density at radius 1 is 1.29 bits per heavy atom. The quantitative estimate of drug-likeness (QED) is 0.656. The van der Waals surface area contributed by atoms with Crippen molar-refractivity contribution in [1.82, 2.24) is 10.6 Å².